The summed E-state index contributed by atoms with van der Waals surface area (Å²) >= 11 is 1.85. The van der Waals surface area contributed by atoms with Crippen LogP contribution in [0.2, 0.25) is 0 Å². The molecule has 0 saturated heterocycles. The minimum atomic E-state index is 0.253. The number of hydrogen-bond donors (Lipinski definition) is 0. The molecule has 2 saturated carbocycles. The molecule has 0 radical (unpaired) electrons. The molecule has 0 aliphatic heterocycles. The first-order chi connectivity index (χ1) is 9.38. The average molecular weight is 274 g/mol. The lowest BCUT2D eigenvalue weighted by Crippen LogP contribution is -2.40. The largest absolute Gasteiger partial charge is 0.291 e. The van der Waals surface area contributed by atoms with Crippen LogP contribution < -0.4 is 0 Å². The lowest BCUT2D eigenvalue weighted by Gasteiger charge is -2.33. The Labute approximate surface area is 120 Å². The highest BCUT2D eigenvalue weighted by molar-refractivity contribution is 7.09. The van der Waals surface area contributed by atoms with Crippen molar-refractivity contribution >= 4 is 11.3 Å². The fourth-order valence-electron chi connectivity index (χ4n) is 3.34. The second-order valence-corrected chi connectivity index (χ2v) is 6.96. The van der Waals surface area contributed by atoms with Crippen LogP contribution in [0.15, 0.2) is 17.5 Å². The molecular weight excluding hydrogens is 252 g/mol. The number of hydrogen-bond acceptors (Lipinski definition) is 3. The Kier molecular flexibility index (Phi) is 4.20. The van der Waals surface area contributed by atoms with Crippen LogP contribution in [0.5, 0.6) is 0 Å². The second kappa shape index (κ2) is 6.07. The molecule has 2 aliphatic rings. The summed E-state index contributed by atoms with van der Waals surface area (Å²) in [4.78, 5) is 4.11. The minimum Gasteiger partial charge on any atom is -0.291 e. The first-order valence-electron chi connectivity index (χ1n) is 7.56. The van der Waals surface area contributed by atoms with Gasteiger partial charge < -0.3 is 0 Å². The number of rotatable bonds is 4. The molecule has 1 aromatic heterocycles. The molecule has 0 spiro atoms. The molecule has 102 valence electrons. The fraction of sp³-hybridized carbons (Fsp3) is 0.688. The maximum Gasteiger partial charge on any atom is 0.0672 e. The zero-order chi connectivity index (χ0) is 13.1. The van der Waals surface area contributed by atoms with Gasteiger partial charge in [-0.15, -0.1) is 11.3 Å². The predicted molar refractivity (Wildman–Crippen MR) is 78.9 cm³/mol. The van der Waals surface area contributed by atoms with Crippen LogP contribution in [-0.2, 0) is 6.54 Å². The summed E-state index contributed by atoms with van der Waals surface area (Å²) in [6, 6.07) is 8.22. The van der Waals surface area contributed by atoms with Crippen molar-refractivity contribution in [1.29, 1.82) is 5.26 Å². The summed E-state index contributed by atoms with van der Waals surface area (Å²) < 4.78 is 0. The summed E-state index contributed by atoms with van der Waals surface area (Å²) in [5.41, 5.74) is 0. The molecule has 1 heterocycles. The number of nitriles is 1. The first kappa shape index (κ1) is 13.1. The van der Waals surface area contributed by atoms with Crippen molar-refractivity contribution in [2.75, 3.05) is 0 Å². The highest BCUT2D eigenvalue weighted by Gasteiger charge is 2.38. The van der Waals surface area contributed by atoms with Crippen molar-refractivity contribution in [2.24, 2.45) is 5.92 Å². The molecule has 2 fully saturated rings. The third kappa shape index (κ3) is 3.19. The summed E-state index contributed by atoms with van der Waals surface area (Å²) in [5, 5.41) is 11.7. The summed E-state index contributed by atoms with van der Waals surface area (Å²) in [7, 11) is 0. The SMILES string of the molecule is N#CC1CCCCCC1N(Cc1cccs1)C1CC1. The fourth-order valence-corrected chi connectivity index (χ4v) is 4.05. The highest BCUT2D eigenvalue weighted by Crippen LogP contribution is 2.37. The van der Waals surface area contributed by atoms with E-state index < -0.39 is 0 Å². The zero-order valence-electron chi connectivity index (χ0n) is 11.4. The van der Waals surface area contributed by atoms with Gasteiger partial charge in [-0.1, -0.05) is 25.3 Å². The van der Waals surface area contributed by atoms with Crippen molar-refractivity contribution in [3.8, 4) is 6.07 Å². The van der Waals surface area contributed by atoms with Crippen molar-refractivity contribution in [3.63, 3.8) is 0 Å². The van der Waals surface area contributed by atoms with E-state index in [-0.39, 0.29) is 5.92 Å². The Morgan fingerprint density at radius 2 is 2.05 bits per heavy atom. The summed E-state index contributed by atoms with van der Waals surface area (Å²) in [6.45, 7) is 1.06. The van der Waals surface area contributed by atoms with Gasteiger partial charge in [-0.05, 0) is 37.1 Å². The molecular formula is C16H22N2S. The van der Waals surface area contributed by atoms with Crippen molar-refractivity contribution < 1.29 is 0 Å². The second-order valence-electron chi connectivity index (χ2n) is 5.92. The predicted octanol–water partition coefficient (Wildman–Crippen LogP) is 4.18. The molecule has 2 aliphatic carbocycles. The highest BCUT2D eigenvalue weighted by atomic mass is 32.1. The van der Waals surface area contributed by atoms with Gasteiger partial charge in [-0.2, -0.15) is 5.26 Å². The standard InChI is InChI=1S/C16H22N2S/c17-11-13-5-2-1-3-7-16(13)18(14-8-9-14)12-15-6-4-10-19-15/h4,6,10,13-14,16H,1-3,5,7-9,12H2. The van der Waals surface area contributed by atoms with Crippen LogP contribution in [0.3, 0.4) is 0 Å². The van der Waals surface area contributed by atoms with Gasteiger partial charge in [-0.25, -0.2) is 0 Å². The van der Waals surface area contributed by atoms with E-state index in [1.54, 1.807) is 0 Å². The quantitative estimate of drug-likeness (QED) is 0.770. The average Bonchev–Trinajstić information content (AvgIpc) is 3.19. The summed E-state index contributed by atoms with van der Waals surface area (Å²) in [5.74, 6) is 0.253. The van der Waals surface area contributed by atoms with E-state index in [1.165, 1.54) is 43.4 Å². The van der Waals surface area contributed by atoms with Gasteiger partial charge in [0.15, 0.2) is 0 Å². The van der Waals surface area contributed by atoms with Gasteiger partial charge in [0, 0.05) is 23.5 Å². The molecule has 2 atom stereocenters. The Morgan fingerprint density at radius 3 is 2.74 bits per heavy atom. The molecule has 0 bridgehead atoms. The molecule has 1 aromatic rings. The Morgan fingerprint density at radius 1 is 1.21 bits per heavy atom. The van der Waals surface area contributed by atoms with Crippen LogP contribution in [0.4, 0.5) is 0 Å². The Bertz CT molecular complexity index is 430. The minimum absolute atomic E-state index is 0.253. The van der Waals surface area contributed by atoms with Gasteiger partial charge in [0.2, 0.25) is 0 Å². The Balaban J connectivity index is 1.75. The molecule has 2 nitrogen and oxygen atoms in total. The smallest absolute Gasteiger partial charge is 0.0672 e. The van der Waals surface area contributed by atoms with Gasteiger partial charge in [0.1, 0.15) is 0 Å². The van der Waals surface area contributed by atoms with Gasteiger partial charge >= 0.3 is 0 Å². The maximum absolute atomic E-state index is 9.49. The maximum atomic E-state index is 9.49. The van der Waals surface area contributed by atoms with Crippen molar-refractivity contribution in [1.82, 2.24) is 4.90 Å². The zero-order valence-corrected chi connectivity index (χ0v) is 12.2. The molecule has 0 N–H and O–H groups in total. The van der Waals surface area contributed by atoms with Crippen LogP contribution in [0, 0.1) is 17.2 Å². The van der Waals surface area contributed by atoms with E-state index in [0.717, 1.165) is 19.0 Å². The topological polar surface area (TPSA) is 27.0 Å². The van der Waals surface area contributed by atoms with Crippen molar-refractivity contribution in [3.05, 3.63) is 22.4 Å². The molecule has 0 aromatic carbocycles. The molecule has 3 heteroatoms. The van der Waals surface area contributed by atoms with E-state index in [9.17, 15) is 5.26 Å². The normalized spacial score (nSPS) is 28.0. The lowest BCUT2D eigenvalue weighted by atomic mass is 9.94. The Hall–Kier alpha value is -0.850. The van der Waals surface area contributed by atoms with Gasteiger partial charge in [0.05, 0.1) is 12.0 Å². The molecule has 2 unspecified atom stereocenters. The van der Waals surface area contributed by atoms with E-state index in [4.69, 9.17) is 0 Å². The molecule has 19 heavy (non-hydrogen) atoms. The number of nitrogens with zero attached hydrogens (tertiary/aromatic N) is 2. The third-order valence-corrected chi connectivity index (χ3v) is 5.37. The first-order valence-corrected chi connectivity index (χ1v) is 8.44. The lowest BCUT2D eigenvalue weighted by molar-refractivity contribution is 0.137. The van der Waals surface area contributed by atoms with Gasteiger partial charge in [-0.3, -0.25) is 4.90 Å². The van der Waals surface area contributed by atoms with Crippen LogP contribution in [0.1, 0.15) is 49.8 Å². The van der Waals surface area contributed by atoms with E-state index in [0.29, 0.717) is 6.04 Å². The van der Waals surface area contributed by atoms with E-state index in [1.807, 2.05) is 11.3 Å². The number of thiophene rings is 1. The van der Waals surface area contributed by atoms with Crippen LogP contribution >= 0.6 is 11.3 Å². The molecule has 3 rings (SSSR count). The van der Waals surface area contributed by atoms with Gasteiger partial charge in [0.25, 0.3) is 0 Å². The third-order valence-electron chi connectivity index (χ3n) is 4.51. The van der Waals surface area contributed by atoms with Crippen LogP contribution in [0.25, 0.3) is 0 Å². The summed E-state index contributed by atoms with van der Waals surface area (Å²) in [6.07, 6.45) is 8.85. The molecule has 0 amide bonds. The van der Waals surface area contributed by atoms with Crippen molar-refractivity contribution in [2.45, 2.75) is 63.6 Å². The van der Waals surface area contributed by atoms with E-state index >= 15 is 0 Å². The monoisotopic (exact) mass is 274 g/mol. The van der Waals surface area contributed by atoms with Crippen LogP contribution in [-0.4, -0.2) is 17.0 Å². The van der Waals surface area contributed by atoms with E-state index in [2.05, 4.69) is 28.5 Å².